The first-order valence-corrected chi connectivity index (χ1v) is 9.15. The van der Waals surface area contributed by atoms with Gasteiger partial charge in [0.1, 0.15) is 0 Å². The van der Waals surface area contributed by atoms with Crippen molar-refractivity contribution in [3.05, 3.63) is 51.9 Å². The number of nitrogens with zero attached hydrogens (tertiary/aromatic N) is 1. The van der Waals surface area contributed by atoms with E-state index < -0.39 is 11.2 Å². The Morgan fingerprint density at radius 2 is 1.96 bits per heavy atom. The number of nitrogens with one attached hydrogen (secondary N) is 2. The van der Waals surface area contributed by atoms with Crippen LogP contribution in [0.4, 0.5) is 5.69 Å². The van der Waals surface area contributed by atoms with Crippen LogP contribution in [0.1, 0.15) is 36.8 Å². The molecule has 0 aliphatic rings. The Hall–Kier alpha value is -2.61. The molecule has 1 unspecified atom stereocenters. The van der Waals surface area contributed by atoms with Crippen LogP contribution in [0.15, 0.2) is 40.3 Å². The summed E-state index contributed by atoms with van der Waals surface area (Å²) < 4.78 is 4.92. The standard InChI is InChI=1S/C18H21N3O4S/c1-4-13-10-15(22)21-18(20-13)26-11(3)16(23)19-14-8-6-12(7-9-14)17(24)25-5-2/h6-11H,4-5H2,1-3H3,(H,19,23)(H,20,21,22). The first kappa shape index (κ1) is 19.7. The highest BCUT2D eigenvalue weighted by Gasteiger charge is 2.17. The normalized spacial score (nSPS) is 11.7. The van der Waals surface area contributed by atoms with Gasteiger partial charge in [0.2, 0.25) is 5.91 Å². The van der Waals surface area contributed by atoms with Crippen molar-refractivity contribution in [2.45, 2.75) is 37.6 Å². The number of aromatic nitrogens is 2. The van der Waals surface area contributed by atoms with E-state index in [1.807, 2.05) is 6.92 Å². The second-order valence-corrected chi connectivity index (χ2v) is 6.77. The molecule has 0 spiro atoms. The van der Waals surface area contributed by atoms with Crippen LogP contribution in [0.2, 0.25) is 0 Å². The monoisotopic (exact) mass is 375 g/mol. The number of ether oxygens (including phenoxy) is 1. The van der Waals surface area contributed by atoms with Crippen molar-refractivity contribution in [3.8, 4) is 0 Å². The largest absolute Gasteiger partial charge is 0.462 e. The van der Waals surface area contributed by atoms with Crippen molar-refractivity contribution < 1.29 is 14.3 Å². The number of carbonyl (C=O) groups is 2. The first-order valence-electron chi connectivity index (χ1n) is 8.27. The summed E-state index contributed by atoms with van der Waals surface area (Å²) >= 11 is 1.18. The van der Waals surface area contributed by atoms with Crippen LogP contribution in [0.3, 0.4) is 0 Å². The predicted molar refractivity (Wildman–Crippen MR) is 101 cm³/mol. The van der Waals surface area contributed by atoms with Crippen LogP contribution < -0.4 is 10.9 Å². The second-order valence-electron chi connectivity index (χ2n) is 5.44. The van der Waals surface area contributed by atoms with E-state index in [1.54, 1.807) is 38.1 Å². The Labute approximate surface area is 155 Å². The summed E-state index contributed by atoms with van der Waals surface area (Å²) in [6.45, 7) is 5.68. The third-order valence-corrected chi connectivity index (χ3v) is 4.44. The van der Waals surface area contributed by atoms with Crippen LogP contribution in [-0.4, -0.2) is 33.7 Å². The SMILES string of the molecule is CCOC(=O)c1ccc(NC(=O)C(C)Sc2nc(CC)cc(=O)[nH]2)cc1. The van der Waals surface area contributed by atoms with Crippen LogP contribution in [0.5, 0.6) is 0 Å². The summed E-state index contributed by atoms with van der Waals surface area (Å²) in [7, 11) is 0. The minimum Gasteiger partial charge on any atom is -0.462 e. The third kappa shape index (κ3) is 5.45. The molecule has 1 aromatic carbocycles. The molecule has 0 aliphatic heterocycles. The lowest BCUT2D eigenvalue weighted by Crippen LogP contribution is -2.23. The number of thioether (sulfide) groups is 1. The fourth-order valence-electron chi connectivity index (χ4n) is 2.09. The average Bonchev–Trinajstić information content (AvgIpc) is 2.61. The molecule has 0 saturated carbocycles. The lowest BCUT2D eigenvalue weighted by molar-refractivity contribution is -0.115. The lowest BCUT2D eigenvalue weighted by atomic mass is 10.2. The van der Waals surface area contributed by atoms with Crippen molar-refractivity contribution >= 4 is 29.3 Å². The van der Waals surface area contributed by atoms with E-state index >= 15 is 0 Å². The molecule has 2 N–H and O–H groups in total. The number of rotatable bonds is 7. The molecule has 1 aromatic heterocycles. The maximum Gasteiger partial charge on any atom is 0.338 e. The Morgan fingerprint density at radius 1 is 1.27 bits per heavy atom. The molecule has 0 aliphatic carbocycles. The fraction of sp³-hybridized carbons (Fsp3) is 0.333. The molecule has 1 atom stereocenters. The van der Waals surface area contributed by atoms with Crippen molar-refractivity contribution in [2.75, 3.05) is 11.9 Å². The number of hydrogen-bond donors (Lipinski definition) is 2. The molecule has 1 heterocycles. The number of amides is 1. The van der Waals surface area contributed by atoms with Crippen molar-refractivity contribution in [3.63, 3.8) is 0 Å². The molecular weight excluding hydrogens is 354 g/mol. The molecule has 0 radical (unpaired) electrons. The van der Waals surface area contributed by atoms with Gasteiger partial charge in [-0.05, 0) is 44.5 Å². The number of anilines is 1. The van der Waals surface area contributed by atoms with Crippen molar-refractivity contribution in [1.29, 1.82) is 0 Å². The zero-order valence-electron chi connectivity index (χ0n) is 14.9. The molecule has 0 bridgehead atoms. The van der Waals surface area contributed by atoms with Gasteiger partial charge >= 0.3 is 5.97 Å². The molecule has 7 nitrogen and oxygen atoms in total. The van der Waals surface area contributed by atoms with E-state index in [0.717, 1.165) is 0 Å². The number of H-pyrrole nitrogens is 1. The van der Waals surface area contributed by atoms with E-state index in [4.69, 9.17) is 4.74 Å². The van der Waals surface area contributed by atoms with Gasteiger partial charge in [0.15, 0.2) is 5.16 Å². The van der Waals surface area contributed by atoms with Crippen LogP contribution >= 0.6 is 11.8 Å². The van der Waals surface area contributed by atoms with Gasteiger partial charge in [-0.1, -0.05) is 18.7 Å². The molecule has 1 amide bonds. The number of aryl methyl sites for hydroxylation is 1. The quantitative estimate of drug-likeness (QED) is 0.438. The smallest absolute Gasteiger partial charge is 0.338 e. The van der Waals surface area contributed by atoms with E-state index in [1.165, 1.54) is 17.8 Å². The number of hydrogen-bond acceptors (Lipinski definition) is 6. The highest BCUT2D eigenvalue weighted by atomic mass is 32.2. The van der Waals surface area contributed by atoms with Gasteiger partial charge in [0, 0.05) is 17.4 Å². The molecule has 0 saturated heterocycles. The van der Waals surface area contributed by atoms with E-state index in [9.17, 15) is 14.4 Å². The maximum absolute atomic E-state index is 12.3. The fourth-order valence-corrected chi connectivity index (χ4v) is 2.92. The molecule has 2 rings (SSSR count). The molecule has 138 valence electrons. The first-order chi connectivity index (χ1) is 12.4. The number of aromatic amines is 1. The van der Waals surface area contributed by atoms with Crippen molar-refractivity contribution in [1.82, 2.24) is 9.97 Å². The van der Waals surface area contributed by atoms with E-state index in [2.05, 4.69) is 15.3 Å². The van der Waals surface area contributed by atoms with Crippen LogP contribution in [-0.2, 0) is 16.0 Å². The lowest BCUT2D eigenvalue weighted by Gasteiger charge is -2.12. The maximum atomic E-state index is 12.3. The van der Waals surface area contributed by atoms with Gasteiger partial charge in [0.05, 0.1) is 17.4 Å². The predicted octanol–water partition coefficient (Wildman–Crippen LogP) is 2.63. The van der Waals surface area contributed by atoms with Gasteiger partial charge in [-0.25, -0.2) is 9.78 Å². The van der Waals surface area contributed by atoms with Gasteiger partial charge in [0.25, 0.3) is 5.56 Å². The molecule has 26 heavy (non-hydrogen) atoms. The summed E-state index contributed by atoms with van der Waals surface area (Å²) in [6.07, 6.45) is 0.644. The van der Waals surface area contributed by atoms with Gasteiger partial charge in [-0.15, -0.1) is 0 Å². The topological polar surface area (TPSA) is 101 Å². The average molecular weight is 375 g/mol. The summed E-state index contributed by atoms with van der Waals surface area (Å²) in [5.74, 6) is -0.636. The minimum absolute atomic E-state index is 0.233. The highest BCUT2D eigenvalue weighted by molar-refractivity contribution is 8.00. The zero-order valence-corrected chi connectivity index (χ0v) is 15.7. The van der Waals surface area contributed by atoms with Crippen LogP contribution in [0, 0.1) is 0 Å². The Balaban J connectivity index is 1.99. The summed E-state index contributed by atoms with van der Waals surface area (Å²) in [5.41, 5.74) is 1.43. The minimum atomic E-state index is -0.463. The second kappa shape index (κ2) is 9.19. The summed E-state index contributed by atoms with van der Waals surface area (Å²) in [5, 5.41) is 2.72. The number of carbonyl (C=O) groups excluding carboxylic acids is 2. The molecule has 0 fully saturated rings. The van der Waals surface area contributed by atoms with Gasteiger partial charge < -0.3 is 15.0 Å². The number of benzene rings is 1. The number of esters is 1. The third-order valence-electron chi connectivity index (χ3n) is 3.46. The van der Waals surface area contributed by atoms with E-state index in [-0.39, 0.29) is 11.5 Å². The molecule has 8 heteroatoms. The Kier molecular flexibility index (Phi) is 6.97. The van der Waals surface area contributed by atoms with Crippen LogP contribution in [0.25, 0.3) is 0 Å². The molecule has 2 aromatic rings. The zero-order chi connectivity index (χ0) is 19.1. The highest BCUT2D eigenvalue weighted by Crippen LogP contribution is 2.20. The van der Waals surface area contributed by atoms with E-state index in [0.29, 0.717) is 35.1 Å². The van der Waals surface area contributed by atoms with Crippen molar-refractivity contribution in [2.24, 2.45) is 0 Å². The molecular formula is C18H21N3O4S. The Bertz CT molecular complexity index is 833. The Morgan fingerprint density at radius 3 is 2.58 bits per heavy atom. The van der Waals surface area contributed by atoms with Gasteiger partial charge in [-0.2, -0.15) is 0 Å². The van der Waals surface area contributed by atoms with Gasteiger partial charge in [-0.3, -0.25) is 9.59 Å². The summed E-state index contributed by atoms with van der Waals surface area (Å²) in [4.78, 5) is 42.5. The summed E-state index contributed by atoms with van der Waals surface area (Å²) in [6, 6.07) is 7.91.